The maximum Gasteiger partial charge on any atom is 0.255 e. The lowest BCUT2D eigenvalue weighted by Crippen LogP contribution is -2.52. The van der Waals surface area contributed by atoms with E-state index in [-0.39, 0.29) is 12.6 Å². The molecular formula is C27H31N3O5S. The van der Waals surface area contributed by atoms with Gasteiger partial charge in [0.05, 0.1) is 25.4 Å². The SMILES string of the molecule is CCC1c2ccccc2CCN1C(=O)[C@H](O)[C@@H](O)C(=O)NCc1nc(Cc2ccccc2OC)cs1. The Hall–Kier alpha value is -3.27. The molecule has 1 unspecified atom stereocenters. The number of para-hydroxylation sites is 1. The summed E-state index contributed by atoms with van der Waals surface area (Å²) in [5.41, 5.74) is 4.05. The van der Waals surface area contributed by atoms with Gasteiger partial charge in [-0.2, -0.15) is 0 Å². The zero-order valence-corrected chi connectivity index (χ0v) is 21.2. The van der Waals surface area contributed by atoms with Crippen molar-refractivity contribution >= 4 is 23.2 Å². The first-order chi connectivity index (χ1) is 17.4. The number of thiazole rings is 1. The Morgan fingerprint density at radius 3 is 2.69 bits per heavy atom. The fraction of sp³-hybridized carbons (Fsp3) is 0.370. The molecule has 4 rings (SSSR count). The number of carbonyl (C=O) groups is 2. The van der Waals surface area contributed by atoms with E-state index < -0.39 is 24.0 Å². The minimum Gasteiger partial charge on any atom is -0.496 e. The van der Waals surface area contributed by atoms with E-state index in [1.807, 2.05) is 60.8 Å². The van der Waals surface area contributed by atoms with Crippen molar-refractivity contribution in [1.29, 1.82) is 0 Å². The van der Waals surface area contributed by atoms with E-state index in [4.69, 9.17) is 4.74 Å². The summed E-state index contributed by atoms with van der Waals surface area (Å²) >= 11 is 1.38. The minimum absolute atomic E-state index is 0.0854. The highest BCUT2D eigenvalue weighted by molar-refractivity contribution is 7.09. The predicted molar refractivity (Wildman–Crippen MR) is 137 cm³/mol. The summed E-state index contributed by atoms with van der Waals surface area (Å²) in [6.45, 7) is 2.48. The van der Waals surface area contributed by atoms with Gasteiger partial charge in [-0.25, -0.2) is 4.98 Å². The van der Waals surface area contributed by atoms with E-state index in [1.54, 1.807) is 12.0 Å². The van der Waals surface area contributed by atoms with E-state index in [0.717, 1.165) is 22.6 Å². The molecule has 9 heteroatoms. The molecule has 0 saturated heterocycles. The molecule has 2 heterocycles. The number of amides is 2. The molecule has 2 amide bonds. The molecule has 3 atom stereocenters. The molecule has 0 aliphatic carbocycles. The van der Waals surface area contributed by atoms with E-state index >= 15 is 0 Å². The summed E-state index contributed by atoms with van der Waals surface area (Å²) < 4.78 is 5.38. The molecule has 3 N–H and O–H groups in total. The Kier molecular flexibility index (Phi) is 8.35. The van der Waals surface area contributed by atoms with Crippen LogP contribution in [0.2, 0.25) is 0 Å². The zero-order chi connectivity index (χ0) is 25.7. The maximum absolute atomic E-state index is 13.0. The number of rotatable bonds is 9. The van der Waals surface area contributed by atoms with E-state index in [9.17, 15) is 19.8 Å². The van der Waals surface area contributed by atoms with Crippen molar-refractivity contribution in [3.63, 3.8) is 0 Å². The van der Waals surface area contributed by atoms with Gasteiger partial charge in [0.1, 0.15) is 10.8 Å². The molecule has 190 valence electrons. The van der Waals surface area contributed by atoms with Gasteiger partial charge in [-0.15, -0.1) is 11.3 Å². The number of benzene rings is 2. The van der Waals surface area contributed by atoms with Crippen molar-refractivity contribution in [2.24, 2.45) is 0 Å². The summed E-state index contributed by atoms with van der Waals surface area (Å²) in [5.74, 6) is -0.681. The number of aliphatic hydroxyl groups is 2. The summed E-state index contributed by atoms with van der Waals surface area (Å²) in [4.78, 5) is 31.7. The molecule has 0 radical (unpaired) electrons. The lowest BCUT2D eigenvalue weighted by molar-refractivity contribution is -0.155. The van der Waals surface area contributed by atoms with E-state index in [1.165, 1.54) is 16.9 Å². The van der Waals surface area contributed by atoms with Crippen molar-refractivity contribution in [2.75, 3.05) is 13.7 Å². The van der Waals surface area contributed by atoms with Crippen molar-refractivity contribution in [3.8, 4) is 5.75 Å². The highest BCUT2D eigenvalue weighted by atomic mass is 32.1. The molecule has 1 aliphatic heterocycles. The third-order valence-corrected chi connectivity index (χ3v) is 7.38. The highest BCUT2D eigenvalue weighted by Crippen LogP contribution is 2.32. The van der Waals surface area contributed by atoms with Crippen LogP contribution in [0.25, 0.3) is 0 Å². The first-order valence-electron chi connectivity index (χ1n) is 12.0. The monoisotopic (exact) mass is 509 g/mol. The Morgan fingerprint density at radius 2 is 1.92 bits per heavy atom. The van der Waals surface area contributed by atoms with Crippen LogP contribution in [0.1, 0.15) is 46.8 Å². The van der Waals surface area contributed by atoms with Crippen LogP contribution >= 0.6 is 11.3 Å². The number of aromatic nitrogens is 1. The van der Waals surface area contributed by atoms with Crippen LogP contribution in [0.5, 0.6) is 5.75 Å². The van der Waals surface area contributed by atoms with Gasteiger partial charge in [-0.05, 0) is 30.0 Å². The lowest BCUT2D eigenvalue weighted by atomic mass is 9.90. The molecular weight excluding hydrogens is 478 g/mol. The molecule has 0 spiro atoms. The van der Waals surface area contributed by atoms with Gasteiger partial charge in [0, 0.05) is 23.9 Å². The van der Waals surface area contributed by atoms with Crippen LogP contribution in [-0.4, -0.2) is 57.8 Å². The molecule has 0 saturated carbocycles. The van der Waals surface area contributed by atoms with Crippen LogP contribution in [0.3, 0.4) is 0 Å². The lowest BCUT2D eigenvalue weighted by Gasteiger charge is -2.38. The fourth-order valence-electron chi connectivity index (χ4n) is 4.63. The summed E-state index contributed by atoms with van der Waals surface area (Å²) in [6.07, 6.45) is -1.81. The molecule has 1 aliphatic rings. The van der Waals surface area contributed by atoms with Gasteiger partial charge in [-0.3, -0.25) is 9.59 Å². The number of carbonyl (C=O) groups excluding carboxylic acids is 2. The molecule has 0 bridgehead atoms. The molecule has 1 aromatic heterocycles. The standard InChI is InChI=1S/C27H31N3O5S/c1-3-21-20-10-6-4-8-17(20)12-13-30(21)27(34)25(32)24(31)26(33)28-15-23-29-19(16-36-23)14-18-9-5-7-11-22(18)35-2/h4-11,16,21,24-25,31-32H,3,12-15H2,1-2H3,(H,28,33)/t21?,24-,25-/m1/s1. The Labute approximate surface area is 214 Å². The molecule has 8 nitrogen and oxygen atoms in total. The van der Waals surface area contributed by atoms with Crippen LogP contribution in [0, 0.1) is 0 Å². The number of ether oxygens (including phenoxy) is 1. The van der Waals surface area contributed by atoms with Crippen molar-refractivity contribution < 1.29 is 24.5 Å². The van der Waals surface area contributed by atoms with Crippen molar-refractivity contribution in [1.82, 2.24) is 15.2 Å². The normalized spacial score (nSPS) is 16.7. The first-order valence-corrected chi connectivity index (χ1v) is 12.9. The Bertz CT molecular complexity index is 1210. The average molecular weight is 510 g/mol. The van der Waals surface area contributed by atoms with Crippen LogP contribution in [0.15, 0.2) is 53.9 Å². The zero-order valence-electron chi connectivity index (χ0n) is 20.4. The smallest absolute Gasteiger partial charge is 0.255 e. The van der Waals surface area contributed by atoms with Gasteiger partial charge in [0.15, 0.2) is 12.2 Å². The number of fused-ring (bicyclic) bond motifs is 1. The van der Waals surface area contributed by atoms with Gasteiger partial charge in [-0.1, -0.05) is 49.4 Å². The second-order valence-corrected chi connectivity index (χ2v) is 9.68. The summed E-state index contributed by atoms with van der Waals surface area (Å²) in [6, 6.07) is 15.4. The number of aliphatic hydroxyl groups excluding tert-OH is 2. The Morgan fingerprint density at radius 1 is 1.17 bits per heavy atom. The van der Waals surface area contributed by atoms with E-state index in [2.05, 4.69) is 10.3 Å². The van der Waals surface area contributed by atoms with Gasteiger partial charge in [0.2, 0.25) is 0 Å². The number of hydrogen-bond donors (Lipinski definition) is 3. The molecule has 0 fully saturated rings. The highest BCUT2D eigenvalue weighted by Gasteiger charge is 2.37. The fourth-order valence-corrected chi connectivity index (χ4v) is 5.36. The molecule has 2 aromatic carbocycles. The van der Waals surface area contributed by atoms with Gasteiger partial charge in [0.25, 0.3) is 11.8 Å². The second kappa shape index (κ2) is 11.6. The third-order valence-electron chi connectivity index (χ3n) is 6.48. The summed E-state index contributed by atoms with van der Waals surface area (Å²) in [5, 5.41) is 26.1. The largest absolute Gasteiger partial charge is 0.496 e. The quantitative estimate of drug-likeness (QED) is 0.409. The third kappa shape index (κ3) is 5.59. The number of nitrogens with one attached hydrogen (secondary N) is 1. The first kappa shape index (κ1) is 25.8. The predicted octanol–water partition coefficient (Wildman–Crippen LogP) is 2.62. The minimum atomic E-state index is -1.87. The maximum atomic E-state index is 13.0. The molecule has 3 aromatic rings. The summed E-state index contributed by atoms with van der Waals surface area (Å²) in [7, 11) is 1.62. The van der Waals surface area contributed by atoms with Gasteiger partial charge < -0.3 is 25.2 Å². The topological polar surface area (TPSA) is 112 Å². The van der Waals surface area contributed by atoms with Crippen LogP contribution in [-0.2, 0) is 29.0 Å². The van der Waals surface area contributed by atoms with Crippen LogP contribution in [0.4, 0.5) is 0 Å². The van der Waals surface area contributed by atoms with Crippen molar-refractivity contribution in [2.45, 2.75) is 51.0 Å². The average Bonchev–Trinajstić information content (AvgIpc) is 3.37. The van der Waals surface area contributed by atoms with Crippen molar-refractivity contribution in [3.05, 3.63) is 81.3 Å². The number of nitrogens with zero attached hydrogens (tertiary/aromatic N) is 2. The number of hydrogen-bond acceptors (Lipinski definition) is 7. The van der Waals surface area contributed by atoms with Gasteiger partial charge >= 0.3 is 0 Å². The second-order valence-electron chi connectivity index (χ2n) is 8.73. The van der Waals surface area contributed by atoms with Crippen LogP contribution < -0.4 is 10.1 Å². The molecule has 36 heavy (non-hydrogen) atoms. The number of methoxy groups -OCH3 is 1. The Balaban J connectivity index is 1.34. The van der Waals surface area contributed by atoms with E-state index in [0.29, 0.717) is 30.8 Å².